The van der Waals surface area contributed by atoms with Gasteiger partial charge in [0.2, 0.25) is 0 Å². The Kier molecular flexibility index (Phi) is 3.94. The molecule has 1 aromatic rings. The van der Waals surface area contributed by atoms with Crippen molar-refractivity contribution in [1.29, 1.82) is 0 Å². The molecule has 0 atom stereocenters. The maximum Gasteiger partial charge on any atom is 0.300 e. The summed E-state index contributed by atoms with van der Waals surface area (Å²) < 4.78 is 0. The summed E-state index contributed by atoms with van der Waals surface area (Å²) in [5, 5.41) is 16.6. The van der Waals surface area contributed by atoms with Crippen molar-refractivity contribution in [2.24, 2.45) is 5.92 Å². The number of hydrogen-bond acceptors (Lipinski definition) is 5. The van der Waals surface area contributed by atoms with Crippen LogP contribution in [0.2, 0.25) is 0 Å². The van der Waals surface area contributed by atoms with E-state index in [1.165, 1.54) is 6.07 Å². The Hall–Kier alpha value is -2.18. The summed E-state index contributed by atoms with van der Waals surface area (Å²) in [6.45, 7) is 3.10. The van der Waals surface area contributed by atoms with E-state index in [4.69, 9.17) is 0 Å². The fraction of sp³-hybridized carbons (Fsp3) is 0.500. The van der Waals surface area contributed by atoms with Gasteiger partial charge in [-0.05, 0) is 25.7 Å². The number of carbonyl (C=O) groups excluding carboxylic acids is 1. The quantitative estimate of drug-likeness (QED) is 0.600. The Morgan fingerprint density at radius 2 is 2.32 bits per heavy atom. The average Bonchev–Trinajstić information content (AvgIpc) is 3.20. The highest BCUT2D eigenvalue weighted by atomic mass is 16.6. The molecule has 7 nitrogen and oxygen atoms in total. The zero-order chi connectivity index (χ0) is 13.8. The molecule has 1 aromatic heterocycles. The first-order chi connectivity index (χ1) is 9.11. The predicted molar refractivity (Wildman–Crippen MR) is 70.1 cm³/mol. The first kappa shape index (κ1) is 13.3. The van der Waals surface area contributed by atoms with E-state index in [9.17, 15) is 14.9 Å². The molecule has 1 fully saturated rings. The first-order valence-electron chi connectivity index (χ1n) is 6.28. The van der Waals surface area contributed by atoms with Crippen LogP contribution in [0.15, 0.2) is 12.3 Å². The zero-order valence-corrected chi connectivity index (χ0v) is 10.7. The van der Waals surface area contributed by atoms with Crippen LogP contribution in [0.1, 0.15) is 30.1 Å². The monoisotopic (exact) mass is 264 g/mol. The molecule has 1 heterocycles. The van der Waals surface area contributed by atoms with Gasteiger partial charge in [-0.15, -0.1) is 0 Å². The van der Waals surface area contributed by atoms with Gasteiger partial charge in [0.05, 0.1) is 4.92 Å². The van der Waals surface area contributed by atoms with Crippen LogP contribution < -0.4 is 10.6 Å². The molecule has 0 radical (unpaired) electrons. The van der Waals surface area contributed by atoms with Gasteiger partial charge >= 0.3 is 0 Å². The molecule has 1 amide bonds. The third-order valence-corrected chi connectivity index (χ3v) is 2.93. The van der Waals surface area contributed by atoms with Crippen LogP contribution in [0.3, 0.4) is 0 Å². The van der Waals surface area contributed by atoms with Gasteiger partial charge in [0.15, 0.2) is 0 Å². The lowest BCUT2D eigenvalue weighted by Gasteiger charge is -2.07. The van der Waals surface area contributed by atoms with E-state index in [-0.39, 0.29) is 11.3 Å². The topological polar surface area (TPSA) is 97.2 Å². The highest BCUT2D eigenvalue weighted by Gasteiger charge is 2.25. The van der Waals surface area contributed by atoms with Crippen molar-refractivity contribution in [3.05, 3.63) is 27.9 Å². The Morgan fingerprint density at radius 1 is 1.58 bits per heavy atom. The van der Waals surface area contributed by atoms with Crippen molar-refractivity contribution in [3.63, 3.8) is 0 Å². The fourth-order valence-corrected chi connectivity index (χ4v) is 1.71. The molecule has 0 aromatic carbocycles. The van der Waals surface area contributed by atoms with Crippen molar-refractivity contribution in [1.82, 2.24) is 10.3 Å². The van der Waals surface area contributed by atoms with Crippen LogP contribution in [0.5, 0.6) is 0 Å². The van der Waals surface area contributed by atoms with Crippen LogP contribution in [0, 0.1) is 16.0 Å². The van der Waals surface area contributed by atoms with Crippen LogP contribution in [-0.2, 0) is 0 Å². The van der Waals surface area contributed by atoms with E-state index in [1.54, 1.807) is 0 Å². The molecule has 2 rings (SSSR count). The van der Waals surface area contributed by atoms with E-state index < -0.39 is 10.8 Å². The van der Waals surface area contributed by atoms with Crippen molar-refractivity contribution in [3.8, 4) is 0 Å². The normalized spacial score (nSPS) is 13.9. The van der Waals surface area contributed by atoms with Gasteiger partial charge in [0.1, 0.15) is 17.6 Å². The van der Waals surface area contributed by atoms with E-state index in [0.717, 1.165) is 19.0 Å². The summed E-state index contributed by atoms with van der Waals surface area (Å²) in [7, 11) is 0. The Bertz CT molecular complexity index is 500. The molecular weight excluding hydrogens is 248 g/mol. The Balaban J connectivity index is 2.19. The molecule has 0 saturated heterocycles. The van der Waals surface area contributed by atoms with Gasteiger partial charge in [-0.25, -0.2) is 4.98 Å². The van der Waals surface area contributed by atoms with Crippen molar-refractivity contribution in [2.75, 3.05) is 18.4 Å². The number of amides is 1. The number of rotatable bonds is 6. The molecule has 0 bridgehead atoms. The summed E-state index contributed by atoms with van der Waals surface area (Å²) >= 11 is 0. The van der Waals surface area contributed by atoms with Gasteiger partial charge in [-0.1, -0.05) is 0 Å². The van der Waals surface area contributed by atoms with E-state index in [1.807, 2.05) is 6.92 Å². The molecule has 1 aliphatic carbocycles. The summed E-state index contributed by atoms with van der Waals surface area (Å²) in [6.07, 6.45) is 3.34. The predicted octanol–water partition coefficient (Wildman–Crippen LogP) is 1.56. The second kappa shape index (κ2) is 5.64. The molecule has 1 aliphatic rings. The molecule has 0 aliphatic heterocycles. The number of nitro groups is 1. The van der Waals surface area contributed by atoms with Crippen molar-refractivity contribution in [2.45, 2.75) is 19.8 Å². The first-order valence-corrected chi connectivity index (χ1v) is 6.28. The van der Waals surface area contributed by atoms with Crippen LogP contribution in [0.4, 0.5) is 11.5 Å². The second-order valence-corrected chi connectivity index (χ2v) is 4.53. The lowest BCUT2D eigenvalue weighted by Crippen LogP contribution is -2.26. The summed E-state index contributed by atoms with van der Waals surface area (Å²) in [4.78, 5) is 26.2. The van der Waals surface area contributed by atoms with Gasteiger partial charge in [-0.2, -0.15) is 0 Å². The average molecular weight is 264 g/mol. The lowest BCUT2D eigenvalue weighted by atomic mass is 10.2. The molecule has 102 valence electrons. The minimum absolute atomic E-state index is 0.0524. The Labute approximate surface area is 110 Å². The molecule has 0 unspecified atom stereocenters. The summed E-state index contributed by atoms with van der Waals surface area (Å²) in [6, 6.07) is 1.42. The van der Waals surface area contributed by atoms with Gasteiger partial charge in [0.25, 0.3) is 11.6 Å². The largest absolute Gasteiger partial charge is 0.370 e. The van der Waals surface area contributed by atoms with Crippen molar-refractivity contribution >= 4 is 17.4 Å². The number of pyridine rings is 1. The maximum absolute atomic E-state index is 12.0. The summed E-state index contributed by atoms with van der Waals surface area (Å²) in [5.41, 5.74) is -0.216. The minimum atomic E-state index is -0.589. The highest BCUT2D eigenvalue weighted by Crippen LogP contribution is 2.28. The molecule has 1 saturated carbocycles. The maximum atomic E-state index is 12.0. The van der Waals surface area contributed by atoms with E-state index in [2.05, 4.69) is 15.6 Å². The second-order valence-electron chi connectivity index (χ2n) is 4.53. The number of anilines is 1. The Morgan fingerprint density at radius 3 is 2.89 bits per heavy atom. The van der Waals surface area contributed by atoms with Crippen LogP contribution in [-0.4, -0.2) is 28.9 Å². The lowest BCUT2D eigenvalue weighted by molar-refractivity contribution is -0.385. The van der Waals surface area contributed by atoms with Crippen LogP contribution in [0.25, 0.3) is 0 Å². The number of nitrogens with zero attached hydrogens (tertiary/aromatic N) is 2. The number of nitrogens with one attached hydrogen (secondary N) is 2. The molecule has 7 heteroatoms. The van der Waals surface area contributed by atoms with Gasteiger partial charge in [0, 0.05) is 19.2 Å². The van der Waals surface area contributed by atoms with Gasteiger partial charge < -0.3 is 10.6 Å². The van der Waals surface area contributed by atoms with E-state index >= 15 is 0 Å². The van der Waals surface area contributed by atoms with E-state index in [0.29, 0.717) is 24.8 Å². The van der Waals surface area contributed by atoms with Gasteiger partial charge in [-0.3, -0.25) is 14.9 Å². The number of aromatic nitrogens is 1. The zero-order valence-electron chi connectivity index (χ0n) is 10.7. The third-order valence-electron chi connectivity index (χ3n) is 2.93. The SMILES string of the molecule is CCNc1cc(C(=O)NCC2CC2)c([N+](=O)[O-])cn1. The number of hydrogen-bond donors (Lipinski definition) is 2. The molecule has 2 N–H and O–H groups in total. The molecule has 0 spiro atoms. The van der Waals surface area contributed by atoms with Crippen LogP contribution >= 0.6 is 0 Å². The standard InChI is InChI=1S/C12H16N4O3/c1-2-13-11-5-9(10(7-14-11)16(18)19)12(17)15-6-8-3-4-8/h5,7-8H,2-4,6H2,1H3,(H,13,14)(H,15,17). The smallest absolute Gasteiger partial charge is 0.300 e. The summed E-state index contributed by atoms with van der Waals surface area (Å²) in [5.74, 6) is 0.572. The molecule has 19 heavy (non-hydrogen) atoms. The highest BCUT2D eigenvalue weighted by molar-refractivity contribution is 5.98. The fourth-order valence-electron chi connectivity index (χ4n) is 1.71. The molecular formula is C12H16N4O3. The third kappa shape index (κ3) is 3.40. The minimum Gasteiger partial charge on any atom is -0.370 e. The van der Waals surface area contributed by atoms with Crippen molar-refractivity contribution < 1.29 is 9.72 Å². The number of carbonyl (C=O) groups is 1.